The van der Waals surface area contributed by atoms with Gasteiger partial charge < -0.3 is 0 Å². The molecule has 0 aliphatic heterocycles. The molecule has 0 radical (unpaired) electrons. The van der Waals surface area contributed by atoms with Crippen molar-refractivity contribution in [2.45, 2.75) is 24.6 Å². The average molecular weight is 212 g/mol. The molecule has 0 aromatic carbocycles. The van der Waals surface area contributed by atoms with Crippen LogP contribution in [0.25, 0.3) is 0 Å². The standard InChI is InChI=1S/C7H14ClNO2S/c1-12(10,11)9-5-6-2-3-7(8)4-6/h6-7,9H,2-5H2,1H3. The minimum atomic E-state index is -3.02. The summed E-state index contributed by atoms with van der Waals surface area (Å²) in [7, 11) is -3.02. The zero-order valence-electron chi connectivity index (χ0n) is 7.09. The Morgan fingerprint density at radius 1 is 1.50 bits per heavy atom. The van der Waals surface area contributed by atoms with Crippen LogP contribution in [0.3, 0.4) is 0 Å². The lowest BCUT2D eigenvalue weighted by molar-refractivity contribution is 0.522. The fourth-order valence-corrected chi connectivity index (χ4v) is 2.38. The maximum atomic E-state index is 10.7. The second-order valence-corrected chi connectivity index (χ2v) is 5.85. The second-order valence-electron chi connectivity index (χ2n) is 3.40. The SMILES string of the molecule is CS(=O)(=O)NCC1CCC(Cl)C1. The highest BCUT2D eigenvalue weighted by Crippen LogP contribution is 2.28. The van der Waals surface area contributed by atoms with Gasteiger partial charge in [-0.2, -0.15) is 0 Å². The van der Waals surface area contributed by atoms with Gasteiger partial charge in [0.1, 0.15) is 0 Å². The van der Waals surface area contributed by atoms with Crippen LogP contribution in [0, 0.1) is 5.92 Å². The van der Waals surface area contributed by atoms with Gasteiger partial charge in [0.05, 0.1) is 6.26 Å². The van der Waals surface area contributed by atoms with Crippen molar-refractivity contribution in [3.63, 3.8) is 0 Å². The lowest BCUT2D eigenvalue weighted by Crippen LogP contribution is -2.27. The molecule has 0 spiro atoms. The summed E-state index contributed by atoms with van der Waals surface area (Å²) < 4.78 is 23.9. The second kappa shape index (κ2) is 3.94. The van der Waals surface area contributed by atoms with Gasteiger partial charge in [-0.1, -0.05) is 0 Å². The fraction of sp³-hybridized carbons (Fsp3) is 1.00. The summed E-state index contributed by atoms with van der Waals surface area (Å²) in [6, 6.07) is 0. The van der Waals surface area contributed by atoms with Crippen LogP contribution in [0.1, 0.15) is 19.3 Å². The van der Waals surface area contributed by atoms with Crippen LogP contribution < -0.4 is 4.72 Å². The van der Waals surface area contributed by atoms with E-state index in [1.54, 1.807) is 0 Å². The van der Waals surface area contributed by atoms with Gasteiger partial charge in [-0.05, 0) is 25.2 Å². The Morgan fingerprint density at radius 2 is 2.17 bits per heavy atom. The number of sulfonamides is 1. The summed E-state index contributed by atoms with van der Waals surface area (Å²) in [4.78, 5) is 0. The molecule has 1 N–H and O–H groups in total. The Bertz CT molecular complexity index is 240. The number of rotatable bonds is 3. The van der Waals surface area contributed by atoms with Gasteiger partial charge in [0.15, 0.2) is 0 Å². The summed E-state index contributed by atoms with van der Waals surface area (Å²) >= 11 is 5.88. The molecule has 12 heavy (non-hydrogen) atoms. The molecule has 5 heteroatoms. The highest BCUT2D eigenvalue weighted by atomic mass is 35.5. The zero-order valence-corrected chi connectivity index (χ0v) is 8.66. The molecule has 3 nitrogen and oxygen atoms in total. The molecule has 0 amide bonds. The first kappa shape index (κ1) is 10.3. The number of hydrogen-bond donors (Lipinski definition) is 1. The van der Waals surface area contributed by atoms with Crippen LogP contribution in [0.15, 0.2) is 0 Å². The molecule has 0 saturated heterocycles. The maximum Gasteiger partial charge on any atom is 0.208 e. The molecule has 1 rings (SSSR count). The van der Waals surface area contributed by atoms with Gasteiger partial charge in [-0.15, -0.1) is 11.6 Å². The van der Waals surface area contributed by atoms with Crippen LogP contribution in [-0.4, -0.2) is 26.6 Å². The number of nitrogens with one attached hydrogen (secondary N) is 1. The van der Waals surface area contributed by atoms with Crippen LogP contribution in [0.4, 0.5) is 0 Å². The molecular weight excluding hydrogens is 198 g/mol. The van der Waals surface area contributed by atoms with Crippen molar-refractivity contribution in [1.29, 1.82) is 0 Å². The van der Waals surface area contributed by atoms with Crippen LogP contribution in [0.5, 0.6) is 0 Å². The van der Waals surface area contributed by atoms with E-state index in [0.717, 1.165) is 19.3 Å². The molecule has 2 unspecified atom stereocenters. The van der Waals surface area contributed by atoms with Gasteiger partial charge in [0.2, 0.25) is 10.0 Å². The molecule has 0 heterocycles. The molecule has 0 bridgehead atoms. The molecule has 0 aromatic heterocycles. The molecule has 1 saturated carbocycles. The highest BCUT2D eigenvalue weighted by Gasteiger charge is 2.23. The third kappa shape index (κ3) is 3.74. The lowest BCUT2D eigenvalue weighted by Gasteiger charge is -2.08. The van der Waals surface area contributed by atoms with Crippen molar-refractivity contribution < 1.29 is 8.42 Å². The Morgan fingerprint density at radius 3 is 2.58 bits per heavy atom. The lowest BCUT2D eigenvalue weighted by atomic mass is 10.1. The van der Waals surface area contributed by atoms with E-state index in [1.165, 1.54) is 6.26 Å². The van der Waals surface area contributed by atoms with Crippen LogP contribution in [-0.2, 0) is 10.0 Å². The minimum Gasteiger partial charge on any atom is -0.215 e. The van der Waals surface area contributed by atoms with E-state index >= 15 is 0 Å². The van der Waals surface area contributed by atoms with E-state index in [4.69, 9.17) is 11.6 Å². The van der Waals surface area contributed by atoms with Crippen molar-refractivity contribution in [2.24, 2.45) is 5.92 Å². The normalized spacial score (nSPS) is 30.8. The number of hydrogen-bond acceptors (Lipinski definition) is 2. The molecular formula is C7H14ClNO2S. The molecule has 0 aromatic rings. The molecule has 1 fully saturated rings. The topological polar surface area (TPSA) is 46.2 Å². The van der Waals surface area contributed by atoms with Crippen molar-refractivity contribution in [2.75, 3.05) is 12.8 Å². The van der Waals surface area contributed by atoms with Gasteiger partial charge in [0.25, 0.3) is 0 Å². The van der Waals surface area contributed by atoms with Crippen LogP contribution >= 0.6 is 11.6 Å². The summed E-state index contributed by atoms with van der Waals surface area (Å²) in [6.45, 7) is 0.544. The summed E-state index contributed by atoms with van der Waals surface area (Å²) in [5.41, 5.74) is 0. The van der Waals surface area contributed by atoms with Crippen molar-refractivity contribution in [1.82, 2.24) is 4.72 Å². The largest absolute Gasteiger partial charge is 0.215 e. The Balaban J connectivity index is 2.25. The van der Waals surface area contributed by atoms with Crippen molar-refractivity contribution >= 4 is 21.6 Å². The number of alkyl halides is 1. The Hall–Kier alpha value is 0.200. The fourth-order valence-electron chi connectivity index (χ4n) is 1.47. The van der Waals surface area contributed by atoms with Crippen molar-refractivity contribution in [3.8, 4) is 0 Å². The van der Waals surface area contributed by atoms with Gasteiger partial charge in [0, 0.05) is 11.9 Å². The third-order valence-electron chi connectivity index (χ3n) is 2.11. The van der Waals surface area contributed by atoms with Gasteiger partial charge in [-0.25, -0.2) is 13.1 Å². The summed E-state index contributed by atoms with van der Waals surface area (Å²) in [6.07, 6.45) is 4.17. The maximum absolute atomic E-state index is 10.7. The first-order valence-corrected chi connectivity index (χ1v) is 6.39. The minimum absolute atomic E-state index is 0.247. The highest BCUT2D eigenvalue weighted by molar-refractivity contribution is 7.88. The molecule has 1 aliphatic carbocycles. The Kier molecular flexibility index (Phi) is 3.37. The van der Waals surface area contributed by atoms with Gasteiger partial charge >= 0.3 is 0 Å². The van der Waals surface area contributed by atoms with E-state index in [0.29, 0.717) is 12.5 Å². The Labute approximate surface area is 78.5 Å². The predicted octanol–water partition coefficient (Wildman–Crippen LogP) is 0.943. The molecule has 2 atom stereocenters. The van der Waals surface area contributed by atoms with Gasteiger partial charge in [-0.3, -0.25) is 0 Å². The first-order chi connectivity index (χ1) is 5.47. The third-order valence-corrected chi connectivity index (χ3v) is 3.20. The monoisotopic (exact) mass is 211 g/mol. The van der Waals surface area contributed by atoms with Crippen LogP contribution in [0.2, 0.25) is 0 Å². The van der Waals surface area contributed by atoms with E-state index in [1.807, 2.05) is 0 Å². The quantitative estimate of drug-likeness (QED) is 0.707. The summed E-state index contributed by atoms with van der Waals surface area (Å²) in [5.74, 6) is 0.433. The number of halogens is 1. The molecule has 1 aliphatic rings. The summed E-state index contributed by atoms with van der Waals surface area (Å²) in [5, 5.41) is 0.247. The predicted molar refractivity (Wildman–Crippen MR) is 49.8 cm³/mol. The van der Waals surface area contributed by atoms with E-state index in [-0.39, 0.29) is 5.38 Å². The zero-order chi connectivity index (χ0) is 9.19. The first-order valence-electron chi connectivity index (χ1n) is 4.06. The van der Waals surface area contributed by atoms with E-state index in [2.05, 4.69) is 4.72 Å². The van der Waals surface area contributed by atoms with E-state index in [9.17, 15) is 8.42 Å². The van der Waals surface area contributed by atoms with Crippen molar-refractivity contribution in [3.05, 3.63) is 0 Å². The average Bonchev–Trinajstić information content (AvgIpc) is 2.30. The van der Waals surface area contributed by atoms with E-state index < -0.39 is 10.0 Å². The smallest absolute Gasteiger partial charge is 0.208 e. The molecule has 72 valence electrons.